The van der Waals surface area contributed by atoms with Crippen LogP contribution in [0.4, 0.5) is 0 Å². The van der Waals surface area contributed by atoms with E-state index in [-0.39, 0.29) is 45.3 Å². The van der Waals surface area contributed by atoms with E-state index in [1.807, 2.05) is 0 Å². The van der Waals surface area contributed by atoms with Gasteiger partial charge in [-0.2, -0.15) is 35.4 Å². The first-order valence-corrected chi connectivity index (χ1v) is 12.8. The maximum Gasteiger partial charge on any atom is 2.00 e. The molecule has 0 aliphatic rings. The van der Waals surface area contributed by atoms with E-state index in [1.165, 1.54) is 75.3 Å². The first-order valence-electron chi connectivity index (χ1n) is 12.8. The average Bonchev–Trinajstić information content (AvgIpc) is 3.39. The van der Waals surface area contributed by atoms with E-state index in [1.54, 1.807) is 0 Å². The monoisotopic (exact) mass is 526 g/mol. The standard InChI is InChI=1S/2C15H25O.ClH.Ti/c2*1-15(2,3)16-13-9-5-4-6-10-14-11-7-8-12-14;;/h2*7-8,11-12H,4-6,9-10,13H2,1-3H3;1H;/q2*-1;;+2. The second-order valence-corrected chi connectivity index (χ2v) is 10.8. The number of halogens is 1. The average molecular weight is 527 g/mol. The van der Waals surface area contributed by atoms with Crippen LogP contribution in [0, 0.1) is 0 Å². The van der Waals surface area contributed by atoms with Gasteiger partial charge in [-0.1, -0.05) is 51.4 Å². The van der Waals surface area contributed by atoms with Crippen molar-refractivity contribution in [2.24, 2.45) is 0 Å². The fourth-order valence-electron chi connectivity index (χ4n) is 3.49. The molecule has 194 valence electrons. The van der Waals surface area contributed by atoms with Crippen LogP contribution < -0.4 is 0 Å². The van der Waals surface area contributed by atoms with Crippen molar-refractivity contribution in [2.75, 3.05) is 13.2 Å². The Kier molecular flexibility index (Phi) is 21.9. The van der Waals surface area contributed by atoms with Gasteiger partial charge in [-0.25, -0.2) is 24.3 Å². The van der Waals surface area contributed by atoms with Crippen LogP contribution in [0.3, 0.4) is 0 Å². The molecule has 0 aromatic heterocycles. The fraction of sp³-hybridized carbons (Fsp3) is 0.667. The van der Waals surface area contributed by atoms with Crippen molar-refractivity contribution in [3.8, 4) is 0 Å². The van der Waals surface area contributed by atoms with Crippen molar-refractivity contribution in [2.45, 2.75) is 117 Å². The van der Waals surface area contributed by atoms with Crippen LogP contribution >= 0.6 is 12.4 Å². The maximum atomic E-state index is 5.68. The van der Waals surface area contributed by atoms with E-state index in [0.29, 0.717) is 0 Å². The molecule has 0 aliphatic carbocycles. The maximum absolute atomic E-state index is 5.68. The third kappa shape index (κ3) is 23.4. The minimum Gasteiger partial charge on any atom is -0.376 e. The van der Waals surface area contributed by atoms with Crippen LogP contribution in [0.1, 0.15) is 104 Å². The zero-order chi connectivity index (χ0) is 23.7. The van der Waals surface area contributed by atoms with Gasteiger partial charge in [-0.3, -0.25) is 0 Å². The molecule has 4 heteroatoms. The van der Waals surface area contributed by atoms with Gasteiger partial charge in [0, 0.05) is 13.2 Å². The van der Waals surface area contributed by atoms with Gasteiger partial charge in [-0.15, -0.1) is 12.4 Å². The van der Waals surface area contributed by atoms with E-state index < -0.39 is 0 Å². The zero-order valence-electron chi connectivity index (χ0n) is 22.8. The van der Waals surface area contributed by atoms with E-state index in [2.05, 4.69) is 90.1 Å². The number of aryl methyl sites for hydroxylation is 2. The number of unbranched alkanes of at least 4 members (excludes halogenated alkanes) is 6. The predicted molar refractivity (Wildman–Crippen MR) is 147 cm³/mol. The van der Waals surface area contributed by atoms with Crippen molar-refractivity contribution in [1.29, 1.82) is 0 Å². The summed E-state index contributed by atoms with van der Waals surface area (Å²) in [5, 5.41) is 0. The molecule has 2 nitrogen and oxygen atoms in total. The fourth-order valence-corrected chi connectivity index (χ4v) is 3.49. The Morgan fingerprint density at radius 2 is 0.941 bits per heavy atom. The molecule has 0 saturated heterocycles. The summed E-state index contributed by atoms with van der Waals surface area (Å²) in [6, 6.07) is 17.3. The Bertz CT molecular complexity index is 578. The number of hydrogen-bond donors (Lipinski definition) is 0. The third-order valence-electron chi connectivity index (χ3n) is 5.25. The molecular formula is C30H51ClO2Ti. The van der Waals surface area contributed by atoms with E-state index in [4.69, 9.17) is 9.47 Å². The number of ether oxygens (including phenoxy) is 2. The molecule has 0 spiro atoms. The Hall–Kier alpha value is -0.376. The molecule has 0 N–H and O–H groups in total. The van der Waals surface area contributed by atoms with Gasteiger partial charge in [0.25, 0.3) is 0 Å². The summed E-state index contributed by atoms with van der Waals surface area (Å²) in [6.45, 7) is 14.5. The topological polar surface area (TPSA) is 18.5 Å². The van der Waals surface area contributed by atoms with Crippen LogP contribution in [0.25, 0.3) is 0 Å². The first kappa shape index (κ1) is 35.8. The molecule has 0 radical (unpaired) electrons. The van der Waals surface area contributed by atoms with Crippen LogP contribution in [0.15, 0.2) is 48.5 Å². The second kappa shape index (κ2) is 20.8. The first-order chi connectivity index (χ1) is 15.2. The van der Waals surface area contributed by atoms with Crippen molar-refractivity contribution in [1.82, 2.24) is 0 Å². The summed E-state index contributed by atoms with van der Waals surface area (Å²) in [5.41, 5.74) is 3.00. The van der Waals surface area contributed by atoms with Crippen molar-refractivity contribution in [3.63, 3.8) is 0 Å². The Balaban J connectivity index is 0. The van der Waals surface area contributed by atoms with Crippen molar-refractivity contribution in [3.05, 3.63) is 59.7 Å². The second-order valence-electron chi connectivity index (χ2n) is 10.8. The van der Waals surface area contributed by atoms with Gasteiger partial charge in [0.2, 0.25) is 0 Å². The molecule has 0 atom stereocenters. The number of hydrogen-bond acceptors (Lipinski definition) is 2. The van der Waals surface area contributed by atoms with Gasteiger partial charge in [0.1, 0.15) is 0 Å². The summed E-state index contributed by atoms with van der Waals surface area (Å²) in [4.78, 5) is 0. The minimum absolute atomic E-state index is 0. The normalized spacial score (nSPS) is 11.2. The molecule has 2 rings (SSSR count). The quantitative estimate of drug-likeness (QED) is 0.139. The van der Waals surface area contributed by atoms with Crippen LogP contribution in [-0.2, 0) is 44.0 Å². The molecule has 0 fully saturated rings. The number of rotatable bonds is 14. The largest absolute Gasteiger partial charge is 2.00 e. The van der Waals surface area contributed by atoms with Crippen molar-refractivity contribution >= 4 is 12.4 Å². The smallest absolute Gasteiger partial charge is 0.376 e. The van der Waals surface area contributed by atoms with Crippen LogP contribution in [0.2, 0.25) is 0 Å². The molecule has 0 amide bonds. The van der Waals surface area contributed by atoms with Crippen LogP contribution in [0.5, 0.6) is 0 Å². The van der Waals surface area contributed by atoms with Crippen molar-refractivity contribution < 1.29 is 31.2 Å². The molecule has 0 aliphatic heterocycles. The van der Waals surface area contributed by atoms with Gasteiger partial charge in [0.05, 0.1) is 11.2 Å². The predicted octanol–water partition coefficient (Wildman–Crippen LogP) is 9.07. The van der Waals surface area contributed by atoms with E-state index in [9.17, 15) is 0 Å². The molecule has 0 unspecified atom stereocenters. The summed E-state index contributed by atoms with van der Waals surface area (Å²) in [5.74, 6) is 0. The Morgan fingerprint density at radius 3 is 1.24 bits per heavy atom. The summed E-state index contributed by atoms with van der Waals surface area (Å²) < 4.78 is 11.4. The summed E-state index contributed by atoms with van der Waals surface area (Å²) in [7, 11) is 0. The van der Waals surface area contributed by atoms with Gasteiger partial charge in [0.15, 0.2) is 0 Å². The molecule has 0 heterocycles. The van der Waals surface area contributed by atoms with Gasteiger partial charge < -0.3 is 9.47 Å². The molecule has 0 bridgehead atoms. The zero-order valence-corrected chi connectivity index (χ0v) is 25.2. The van der Waals surface area contributed by atoms with Crippen LogP contribution in [-0.4, -0.2) is 24.4 Å². The Morgan fingerprint density at radius 1 is 0.588 bits per heavy atom. The molecule has 34 heavy (non-hydrogen) atoms. The molecular weight excluding hydrogens is 476 g/mol. The molecule has 2 aromatic rings. The summed E-state index contributed by atoms with van der Waals surface area (Å²) >= 11 is 0. The summed E-state index contributed by atoms with van der Waals surface area (Å²) in [6.07, 6.45) is 12.7. The van der Waals surface area contributed by atoms with Gasteiger partial charge >= 0.3 is 21.7 Å². The third-order valence-corrected chi connectivity index (χ3v) is 5.25. The SMILES string of the molecule is CC(C)(C)OCCCCCCc1ccc[cH-]1.CC(C)(C)OCCCCCCc1ccc[cH-]1.Cl.[Ti+2]. The Labute approximate surface area is 232 Å². The molecule has 0 saturated carbocycles. The van der Waals surface area contributed by atoms with Gasteiger partial charge in [-0.05, 0) is 54.4 Å². The molecule has 2 aromatic carbocycles. The minimum atomic E-state index is 0. The van der Waals surface area contributed by atoms with E-state index in [0.717, 1.165) is 13.2 Å². The van der Waals surface area contributed by atoms with E-state index >= 15 is 0 Å².